The monoisotopic (exact) mass is 315 g/mol. The molecular weight excluding hydrogens is 290 g/mol. The molecule has 124 valence electrons. The maximum Gasteiger partial charge on any atom is 0.316 e. The van der Waals surface area contributed by atoms with Crippen LogP contribution in [0.5, 0.6) is 6.01 Å². The highest BCUT2D eigenvalue weighted by Gasteiger charge is 2.28. The van der Waals surface area contributed by atoms with E-state index in [0.717, 1.165) is 30.9 Å². The molecular formula is C17H25N5O. The van der Waals surface area contributed by atoms with Gasteiger partial charge in [0.15, 0.2) is 0 Å². The Balaban J connectivity index is 1.62. The molecule has 0 unspecified atom stereocenters. The fraction of sp³-hybridized carbons (Fsp3) is 0.588. The summed E-state index contributed by atoms with van der Waals surface area (Å²) in [4.78, 5) is 15.5. The first kappa shape index (κ1) is 15.9. The minimum Gasteiger partial charge on any atom is -0.463 e. The highest BCUT2D eigenvalue weighted by Crippen LogP contribution is 2.27. The third-order valence-corrected chi connectivity index (χ3v) is 4.43. The van der Waals surface area contributed by atoms with Crippen LogP contribution in [0.4, 0.5) is 0 Å². The van der Waals surface area contributed by atoms with E-state index in [9.17, 15) is 0 Å². The summed E-state index contributed by atoms with van der Waals surface area (Å²) in [5.74, 6) is 1.16. The summed E-state index contributed by atoms with van der Waals surface area (Å²) in [7, 11) is 0. The van der Waals surface area contributed by atoms with Crippen molar-refractivity contribution >= 4 is 0 Å². The lowest BCUT2D eigenvalue weighted by atomic mass is 10.1. The summed E-state index contributed by atoms with van der Waals surface area (Å²) in [6.07, 6.45) is 6.34. The van der Waals surface area contributed by atoms with Crippen molar-refractivity contribution in [1.82, 2.24) is 24.4 Å². The number of aromatic nitrogens is 4. The Hall–Kier alpha value is -1.95. The van der Waals surface area contributed by atoms with Gasteiger partial charge in [0.05, 0.1) is 12.6 Å². The van der Waals surface area contributed by atoms with E-state index in [1.165, 1.54) is 5.69 Å². The summed E-state index contributed by atoms with van der Waals surface area (Å²) < 4.78 is 7.97. The van der Waals surface area contributed by atoms with Crippen LogP contribution in [0.2, 0.25) is 0 Å². The fourth-order valence-corrected chi connectivity index (χ4v) is 3.18. The Morgan fingerprint density at radius 2 is 1.91 bits per heavy atom. The minimum absolute atomic E-state index is 0.360. The van der Waals surface area contributed by atoms with Crippen LogP contribution in [0.25, 0.3) is 0 Å². The minimum atomic E-state index is 0.360. The SMILES string of the molecule is Cc1cnc(OCCc2cnc3n2CCN(C(C)C)[C@@H]3C)nc1. The average Bonchev–Trinajstić information content (AvgIpc) is 2.93. The zero-order valence-electron chi connectivity index (χ0n) is 14.4. The second kappa shape index (κ2) is 6.66. The highest BCUT2D eigenvalue weighted by atomic mass is 16.5. The molecule has 2 aromatic rings. The van der Waals surface area contributed by atoms with Crippen molar-refractivity contribution in [2.75, 3.05) is 13.2 Å². The largest absolute Gasteiger partial charge is 0.463 e. The van der Waals surface area contributed by atoms with Crippen molar-refractivity contribution in [1.29, 1.82) is 0 Å². The van der Waals surface area contributed by atoms with Gasteiger partial charge in [0, 0.05) is 49.8 Å². The van der Waals surface area contributed by atoms with Crippen LogP contribution < -0.4 is 4.74 Å². The first-order chi connectivity index (χ1) is 11.1. The first-order valence-corrected chi connectivity index (χ1v) is 8.27. The van der Waals surface area contributed by atoms with Crippen LogP contribution in [0.15, 0.2) is 18.6 Å². The van der Waals surface area contributed by atoms with Crippen LogP contribution >= 0.6 is 0 Å². The maximum absolute atomic E-state index is 5.64. The van der Waals surface area contributed by atoms with Gasteiger partial charge in [-0.3, -0.25) is 4.90 Å². The van der Waals surface area contributed by atoms with Gasteiger partial charge >= 0.3 is 6.01 Å². The maximum atomic E-state index is 5.64. The van der Waals surface area contributed by atoms with Gasteiger partial charge in [-0.2, -0.15) is 0 Å². The molecule has 0 spiro atoms. The number of hydrogen-bond acceptors (Lipinski definition) is 5. The fourth-order valence-electron chi connectivity index (χ4n) is 3.18. The third kappa shape index (κ3) is 3.37. The Morgan fingerprint density at radius 3 is 2.61 bits per heavy atom. The van der Waals surface area contributed by atoms with Crippen LogP contribution in [0.3, 0.4) is 0 Å². The number of aryl methyl sites for hydroxylation is 1. The van der Waals surface area contributed by atoms with Gasteiger partial charge in [-0.05, 0) is 33.3 Å². The molecule has 6 nitrogen and oxygen atoms in total. The molecule has 0 N–H and O–H groups in total. The Morgan fingerprint density at radius 1 is 1.17 bits per heavy atom. The van der Waals surface area contributed by atoms with Crippen LogP contribution in [-0.4, -0.2) is 43.6 Å². The van der Waals surface area contributed by atoms with Crippen molar-refractivity contribution in [2.45, 2.75) is 52.7 Å². The lowest BCUT2D eigenvalue weighted by Crippen LogP contribution is -2.41. The summed E-state index contributed by atoms with van der Waals surface area (Å²) in [5.41, 5.74) is 2.26. The van der Waals surface area contributed by atoms with Gasteiger partial charge in [0.25, 0.3) is 0 Å². The smallest absolute Gasteiger partial charge is 0.316 e. The van der Waals surface area contributed by atoms with E-state index in [1.54, 1.807) is 12.4 Å². The second-order valence-electron chi connectivity index (χ2n) is 6.41. The standard InChI is InChI=1S/C17H25N5O/c1-12(2)21-6-7-22-15(11-18-16(22)14(21)4)5-8-23-17-19-9-13(3)10-20-17/h9-12,14H,5-8H2,1-4H3/t14-/m1/s1. The number of rotatable bonds is 5. The number of nitrogens with zero attached hydrogens (tertiary/aromatic N) is 5. The molecule has 0 radical (unpaired) electrons. The predicted octanol–water partition coefficient (Wildman–Crippen LogP) is 2.39. The molecule has 3 rings (SSSR count). The van der Waals surface area contributed by atoms with Gasteiger partial charge in [0.1, 0.15) is 5.82 Å². The molecule has 1 aliphatic rings. The predicted molar refractivity (Wildman–Crippen MR) is 88.5 cm³/mol. The van der Waals surface area contributed by atoms with Crippen molar-refractivity contribution in [3.8, 4) is 6.01 Å². The molecule has 0 saturated heterocycles. The van der Waals surface area contributed by atoms with Crippen molar-refractivity contribution in [2.24, 2.45) is 0 Å². The third-order valence-electron chi connectivity index (χ3n) is 4.43. The van der Waals surface area contributed by atoms with Crippen LogP contribution in [0, 0.1) is 6.92 Å². The van der Waals surface area contributed by atoms with E-state index in [4.69, 9.17) is 4.74 Å². The summed E-state index contributed by atoms with van der Waals surface area (Å²) in [6, 6.07) is 1.34. The van der Waals surface area contributed by atoms with E-state index in [0.29, 0.717) is 24.7 Å². The van der Waals surface area contributed by atoms with Gasteiger partial charge in [-0.15, -0.1) is 0 Å². The zero-order valence-corrected chi connectivity index (χ0v) is 14.4. The molecule has 0 fully saturated rings. The molecule has 1 aliphatic heterocycles. The van der Waals surface area contributed by atoms with E-state index >= 15 is 0 Å². The van der Waals surface area contributed by atoms with Gasteiger partial charge in [-0.25, -0.2) is 15.0 Å². The number of imidazole rings is 1. The second-order valence-corrected chi connectivity index (χ2v) is 6.41. The number of ether oxygens (including phenoxy) is 1. The van der Waals surface area contributed by atoms with Gasteiger partial charge < -0.3 is 9.30 Å². The number of fused-ring (bicyclic) bond motifs is 1. The molecule has 1 atom stereocenters. The molecule has 0 aromatic carbocycles. The average molecular weight is 315 g/mol. The normalized spacial score (nSPS) is 18.2. The van der Waals surface area contributed by atoms with Gasteiger partial charge in [0.2, 0.25) is 0 Å². The Kier molecular flexibility index (Phi) is 4.61. The lowest BCUT2D eigenvalue weighted by Gasteiger charge is -2.37. The summed E-state index contributed by atoms with van der Waals surface area (Å²) in [6.45, 7) is 11.3. The van der Waals surface area contributed by atoms with E-state index < -0.39 is 0 Å². The van der Waals surface area contributed by atoms with Crippen LogP contribution in [-0.2, 0) is 13.0 Å². The van der Waals surface area contributed by atoms with Gasteiger partial charge in [-0.1, -0.05) is 0 Å². The lowest BCUT2D eigenvalue weighted by molar-refractivity contribution is 0.125. The highest BCUT2D eigenvalue weighted by molar-refractivity contribution is 5.12. The summed E-state index contributed by atoms with van der Waals surface area (Å²) in [5, 5.41) is 0. The Labute approximate surface area is 137 Å². The molecule has 0 aliphatic carbocycles. The molecule has 0 amide bonds. The molecule has 0 saturated carbocycles. The molecule has 23 heavy (non-hydrogen) atoms. The first-order valence-electron chi connectivity index (χ1n) is 8.27. The zero-order chi connectivity index (χ0) is 16.4. The molecule has 3 heterocycles. The van der Waals surface area contributed by atoms with Crippen molar-refractivity contribution < 1.29 is 4.74 Å². The van der Waals surface area contributed by atoms with E-state index in [-0.39, 0.29) is 0 Å². The quantitative estimate of drug-likeness (QED) is 0.848. The summed E-state index contributed by atoms with van der Waals surface area (Å²) >= 11 is 0. The van der Waals surface area contributed by atoms with Crippen molar-refractivity contribution in [3.63, 3.8) is 0 Å². The van der Waals surface area contributed by atoms with Crippen molar-refractivity contribution in [3.05, 3.63) is 35.7 Å². The topological polar surface area (TPSA) is 56.1 Å². The van der Waals surface area contributed by atoms with Crippen LogP contribution in [0.1, 0.15) is 43.9 Å². The number of hydrogen-bond donors (Lipinski definition) is 0. The Bertz CT molecular complexity index is 650. The van der Waals surface area contributed by atoms with E-state index in [2.05, 4.69) is 45.2 Å². The molecule has 0 bridgehead atoms. The molecule has 6 heteroatoms. The molecule has 2 aromatic heterocycles. The van der Waals surface area contributed by atoms with E-state index in [1.807, 2.05) is 13.1 Å².